The van der Waals surface area contributed by atoms with Crippen molar-refractivity contribution in [1.29, 1.82) is 0 Å². The van der Waals surface area contributed by atoms with Crippen molar-refractivity contribution in [2.75, 3.05) is 88.9 Å². The van der Waals surface area contributed by atoms with Crippen LogP contribution in [0.25, 0.3) is 0 Å². The molecule has 0 fully saturated rings. The standard InChI is InChI=1S/C22H26N2O6.C14H20N2O4/c1-27-17-9-10-18-19(13-17)23(12-11-21(28-2)29-3)20(25)14-24(18)22(26)30-15-16-7-5-4-6-8-16;1-18-10-4-5-11-12(8-10)16(13(17)9-15-11)7-6-14(19-2)20-3/h4-10,13,21H,11-12,14-15H2,1-3H3;4-5,8,14-15H,6-7,9H2,1-3H3. The Labute approximate surface area is 292 Å². The van der Waals surface area contributed by atoms with Crippen LogP contribution in [-0.4, -0.2) is 99.3 Å². The van der Waals surface area contributed by atoms with Gasteiger partial charge in [-0.2, -0.15) is 0 Å². The average Bonchev–Trinajstić information content (AvgIpc) is 3.16. The summed E-state index contributed by atoms with van der Waals surface area (Å²) in [6.45, 7) is 1.22. The Kier molecular flexibility index (Phi) is 14.2. The first-order chi connectivity index (χ1) is 24.3. The van der Waals surface area contributed by atoms with E-state index in [0.29, 0.717) is 49.6 Å². The molecule has 2 aliphatic heterocycles. The molecular weight excluding hydrogens is 648 g/mol. The molecule has 5 rings (SSSR count). The van der Waals surface area contributed by atoms with Crippen LogP contribution >= 0.6 is 0 Å². The van der Waals surface area contributed by atoms with Gasteiger partial charge < -0.3 is 48.3 Å². The van der Waals surface area contributed by atoms with Crippen LogP contribution in [-0.2, 0) is 39.9 Å². The molecule has 14 heteroatoms. The lowest BCUT2D eigenvalue weighted by Gasteiger charge is -2.36. The maximum atomic E-state index is 12.9. The molecule has 3 amide bonds. The van der Waals surface area contributed by atoms with Gasteiger partial charge in [0.05, 0.1) is 43.5 Å². The number of methoxy groups -OCH3 is 6. The second-order valence-corrected chi connectivity index (χ2v) is 11.2. The Hall–Kier alpha value is -4.89. The van der Waals surface area contributed by atoms with Crippen molar-refractivity contribution >= 4 is 40.7 Å². The van der Waals surface area contributed by atoms with Crippen LogP contribution in [0, 0.1) is 0 Å². The molecule has 3 aromatic carbocycles. The van der Waals surface area contributed by atoms with Gasteiger partial charge in [-0.05, 0) is 29.8 Å². The van der Waals surface area contributed by atoms with Crippen LogP contribution in [0.15, 0.2) is 66.7 Å². The van der Waals surface area contributed by atoms with E-state index in [-0.39, 0.29) is 31.3 Å². The lowest BCUT2D eigenvalue weighted by atomic mass is 10.1. The summed E-state index contributed by atoms with van der Waals surface area (Å²) >= 11 is 0. The molecule has 0 bridgehead atoms. The smallest absolute Gasteiger partial charge is 0.415 e. The second kappa shape index (κ2) is 18.8. The highest BCUT2D eigenvalue weighted by Gasteiger charge is 2.34. The first kappa shape index (κ1) is 37.9. The highest BCUT2D eigenvalue weighted by Crippen LogP contribution is 2.37. The van der Waals surface area contributed by atoms with E-state index in [1.165, 1.54) is 4.90 Å². The van der Waals surface area contributed by atoms with Crippen molar-refractivity contribution in [2.45, 2.75) is 32.0 Å². The topological polar surface area (TPSA) is 138 Å². The third-order valence-corrected chi connectivity index (χ3v) is 8.24. The van der Waals surface area contributed by atoms with Crippen LogP contribution in [0.4, 0.5) is 27.5 Å². The van der Waals surface area contributed by atoms with Crippen molar-refractivity contribution in [1.82, 2.24) is 0 Å². The molecule has 0 unspecified atom stereocenters. The molecule has 0 aromatic heterocycles. The van der Waals surface area contributed by atoms with Gasteiger partial charge >= 0.3 is 6.09 Å². The fourth-order valence-corrected chi connectivity index (χ4v) is 5.51. The van der Waals surface area contributed by atoms with Gasteiger partial charge in [0.15, 0.2) is 12.6 Å². The zero-order chi connectivity index (χ0) is 36.0. The predicted octanol–water partition coefficient (Wildman–Crippen LogP) is 4.66. The first-order valence-corrected chi connectivity index (χ1v) is 16.1. The van der Waals surface area contributed by atoms with Gasteiger partial charge in [-0.25, -0.2) is 4.79 Å². The molecule has 0 saturated carbocycles. The van der Waals surface area contributed by atoms with E-state index in [1.54, 1.807) is 70.7 Å². The van der Waals surface area contributed by atoms with Crippen molar-refractivity contribution in [3.8, 4) is 11.5 Å². The molecule has 1 N–H and O–H groups in total. The summed E-state index contributed by atoms with van der Waals surface area (Å²) in [5.74, 6) is 1.11. The number of fused-ring (bicyclic) bond motifs is 2. The Balaban J connectivity index is 0.000000244. The van der Waals surface area contributed by atoms with E-state index < -0.39 is 12.4 Å². The molecular formula is C36H46N4O10. The van der Waals surface area contributed by atoms with Crippen LogP contribution in [0.1, 0.15) is 18.4 Å². The number of hydrogen-bond donors (Lipinski definition) is 1. The Morgan fingerprint density at radius 2 is 1.26 bits per heavy atom. The first-order valence-electron chi connectivity index (χ1n) is 16.1. The molecule has 0 aliphatic carbocycles. The summed E-state index contributed by atoms with van der Waals surface area (Å²) in [5, 5.41) is 3.10. The average molecular weight is 695 g/mol. The van der Waals surface area contributed by atoms with Crippen molar-refractivity contribution in [3.63, 3.8) is 0 Å². The minimum Gasteiger partial charge on any atom is -0.497 e. The number of anilines is 4. The summed E-state index contributed by atoms with van der Waals surface area (Å²) < 4.78 is 36.7. The van der Waals surface area contributed by atoms with Crippen molar-refractivity contribution in [3.05, 3.63) is 72.3 Å². The molecule has 270 valence electrons. The fraction of sp³-hybridized carbons (Fsp3) is 0.417. The van der Waals surface area contributed by atoms with Crippen LogP contribution in [0.2, 0.25) is 0 Å². The molecule has 3 aromatic rings. The number of nitrogens with zero attached hydrogens (tertiary/aromatic N) is 3. The van der Waals surface area contributed by atoms with Crippen molar-refractivity contribution in [2.24, 2.45) is 0 Å². The van der Waals surface area contributed by atoms with E-state index in [0.717, 1.165) is 22.7 Å². The summed E-state index contributed by atoms with van der Waals surface area (Å²) in [6, 6.07) is 20.3. The quantitative estimate of drug-likeness (QED) is 0.236. The molecule has 14 nitrogen and oxygen atoms in total. The second-order valence-electron chi connectivity index (χ2n) is 11.2. The van der Waals surface area contributed by atoms with E-state index in [1.807, 2.05) is 48.5 Å². The van der Waals surface area contributed by atoms with Gasteiger partial charge in [-0.3, -0.25) is 14.5 Å². The Bertz CT molecular complexity index is 1570. The van der Waals surface area contributed by atoms with E-state index >= 15 is 0 Å². The van der Waals surface area contributed by atoms with Crippen LogP contribution < -0.4 is 29.5 Å². The molecule has 0 saturated heterocycles. The molecule has 50 heavy (non-hydrogen) atoms. The van der Waals surface area contributed by atoms with Crippen LogP contribution in [0.5, 0.6) is 11.5 Å². The minimum atomic E-state index is -0.579. The number of nitrogens with one attached hydrogen (secondary N) is 1. The lowest BCUT2D eigenvalue weighted by molar-refractivity contribution is -0.119. The van der Waals surface area contributed by atoms with E-state index in [2.05, 4.69) is 5.32 Å². The zero-order valence-electron chi connectivity index (χ0n) is 29.4. The summed E-state index contributed by atoms with van der Waals surface area (Å²) in [4.78, 5) is 42.4. The zero-order valence-corrected chi connectivity index (χ0v) is 29.4. The molecule has 0 spiro atoms. The highest BCUT2D eigenvalue weighted by atomic mass is 16.7. The summed E-state index contributed by atoms with van der Waals surface area (Å²) in [5.41, 5.74) is 3.78. The maximum absolute atomic E-state index is 12.9. The highest BCUT2D eigenvalue weighted by molar-refractivity contribution is 6.10. The molecule has 0 radical (unpaired) electrons. The monoisotopic (exact) mass is 694 g/mol. The fourth-order valence-electron chi connectivity index (χ4n) is 5.51. The number of ether oxygens (including phenoxy) is 7. The number of rotatable bonds is 14. The van der Waals surface area contributed by atoms with Gasteiger partial charge in [-0.15, -0.1) is 0 Å². The minimum absolute atomic E-state index is 0.0247. The maximum Gasteiger partial charge on any atom is 0.415 e. The number of carbonyl (C=O) groups excluding carboxylic acids is 3. The van der Waals surface area contributed by atoms with Crippen molar-refractivity contribution < 1.29 is 47.5 Å². The van der Waals surface area contributed by atoms with Gasteiger partial charge in [0.1, 0.15) is 24.7 Å². The third kappa shape index (κ3) is 9.63. The molecule has 0 atom stereocenters. The normalized spacial score (nSPS) is 13.7. The molecule has 2 aliphatic rings. The number of carbonyl (C=O) groups is 3. The summed E-state index contributed by atoms with van der Waals surface area (Å²) in [7, 11) is 9.43. The number of hydrogen-bond acceptors (Lipinski definition) is 11. The number of amides is 3. The Morgan fingerprint density at radius 1 is 0.700 bits per heavy atom. The van der Waals surface area contributed by atoms with Crippen LogP contribution in [0.3, 0.4) is 0 Å². The largest absolute Gasteiger partial charge is 0.497 e. The molecule has 2 heterocycles. The van der Waals surface area contributed by atoms with Gasteiger partial charge in [0.2, 0.25) is 11.8 Å². The predicted molar refractivity (Wildman–Crippen MR) is 188 cm³/mol. The summed E-state index contributed by atoms with van der Waals surface area (Å²) in [6.07, 6.45) is -0.235. The van der Waals surface area contributed by atoms with Gasteiger partial charge in [0.25, 0.3) is 0 Å². The SMILES string of the molecule is COc1ccc2c(c1)N(CCC(OC)OC)C(=O)CN2.COc1ccc2c(c1)N(CCC(OC)OC)C(=O)CN2C(=O)OCc1ccccc1. The number of benzene rings is 3. The third-order valence-electron chi connectivity index (χ3n) is 8.24. The van der Waals surface area contributed by atoms with E-state index in [4.69, 9.17) is 33.2 Å². The van der Waals surface area contributed by atoms with Gasteiger partial charge in [0, 0.05) is 66.5 Å². The lowest BCUT2D eigenvalue weighted by Crippen LogP contribution is -2.49. The van der Waals surface area contributed by atoms with E-state index in [9.17, 15) is 14.4 Å². The van der Waals surface area contributed by atoms with Gasteiger partial charge in [-0.1, -0.05) is 30.3 Å². The Morgan fingerprint density at radius 3 is 1.84 bits per heavy atom.